The zero-order chi connectivity index (χ0) is 15.0. The van der Waals surface area contributed by atoms with E-state index in [0.29, 0.717) is 11.4 Å². The first-order valence-corrected chi connectivity index (χ1v) is 5.76. The third kappa shape index (κ3) is 4.91. The van der Waals surface area contributed by atoms with Crippen LogP contribution in [-0.4, -0.2) is 18.5 Å². The Balaban J connectivity index is 0.000000956. The van der Waals surface area contributed by atoms with E-state index in [1.807, 2.05) is 0 Å². The van der Waals surface area contributed by atoms with Gasteiger partial charge in [0.15, 0.2) is 0 Å². The molecular weight excluding hydrogens is 269 g/mol. The van der Waals surface area contributed by atoms with Crippen molar-refractivity contribution in [1.82, 2.24) is 5.43 Å². The molecule has 2 N–H and O–H groups in total. The monoisotopic (exact) mass is 284 g/mol. The maximum absolute atomic E-state index is 12.5. The van der Waals surface area contributed by atoms with Crippen LogP contribution >= 0.6 is 0 Å². The fraction of sp³-hybridized carbons (Fsp3) is 0.143. The summed E-state index contributed by atoms with van der Waals surface area (Å²) in [5, 5.41) is 8.00. The minimum absolute atomic E-state index is 0.418. The number of hydrogen-bond donors (Lipinski definition) is 2. The molecular formula is C14H15F3N2O. The third-order valence-corrected chi connectivity index (χ3v) is 2.27. The highest BCUT2D eigenvalue weighted by Crippen LogP contribution is 2.25. The van der Waals surface area contributed by atoms with Crippen LogP contribution in [0, 0.1) is 0 Å². The Morgan fingerprint density at radius 2 is 1.15 bits per heavy atom. The largest absolute Gasteiger partial charge is 0.475 e. The predicted molar refractivity (Wildman–Crippen MR) is 72.4 cm³/mol. The van der Waals surface area contributed by atoms with Gasteiger partial charge in [-0.15, -0.1) is 5.43 Å². The van der Waals surface area contributed by atoms with Gasteiger partial charge in [0.05, 0.1) is 11.4 Å². The zero-order valence-corrected chi connectivity index (χ0v) is 10.8. The third-order valence-electron chi connectivity index (χ3n) is 2.27. The van der Waals surface area contributed by atoms with Gasteiger partial charge in [-0.2, -0.15) is 13.2 Å². The molecule has 0 aliphatic rings. The van der Waals surface area contributed by atoms with Gasteiger partial charge in [0.25, 0.3) is 0 Å². The molecule has 2 aromatic rings. The molecule has 20 heavy (non-hydrogen) atoms. The normalized spacial score (nSPS) is 10.4. The number of benzene rings is 2. The predicted octanol–water partition coefficient (Wildman–Crippen LogP) is 3.46. The van der Waals surface area contributed by atoms with Gasteiger partial charge < -0.3 is 5.11 Å². The summed E-state index contributed by atoms with van der Waals surface area (Å²) in [6.07, 6.45) is -4.49. The van der Waals surface area contributed by atoms with E-state index in [1.54, 1.807) is 60.7 Å². The number of aliphatic hydroxyl groups excluding tert-OH is 1. The highest BCUT2D eigenvalue weighted by Gasteiger charge is 2.31. The van der Waals surface area contributed by atoms with E-state index in [1.165, 1.54) is 5.43 Å². The van der Waals surface area contributed by atoms with Crippen molar-refractivity contribution in [1.29, 1.82) is 0 Å². The molecule has 0 spiro atoms. The number of halogens is 3. The summed E-state index contributed by atoms with van der Waals surface area (Å²) in [6, 6.07) is 16.6. The first-order valence-electron chi connectivity index (χ1n) is 5.76. The van der Waals surface area contributed by atoms with E-state index in [9.17, 15) is 13.2 Å². The lowest BCUT2D eigenvalue weighted by Crippen LogP contribution is -2.44. The summed E-state index contributed by atoms with van der Waals surface area (Å²) in [4.78, 5) is 0. The summed E-state index contributed by atoms with van der Waals surface area (Å²) in [5.74, 6) is 0. The van der Waals surface area contributed by atoms with E-state index in [2.05, 4.69) is 0 Å². The molecule has 108 valence electrons. The van der Waals surface area contributed by atoms with Gasteiger partial charge in [-0.3, -0.25) is 5.01 Å². The average Bonchev–Trinajstić information content (AvgIpc) is 2.48. The van der Waals surface area contributed by atoms with Crippen molar-refractivity contribution >= 4 is 11.4 Å². The molecule has 0 heterocycles. The van der Waals surface area contributed by atoms with Gasteiger partial charge in [0.1, 0.15) is 0 Å². The highest BCUT2D eigenvalue weighted by molar-refractivity contribution is 5.61. The smallest absolute Gasteiger partial charge is 0.400 e. The van der Waals surface area contributed by atoms with Gasteiger partial charge >= 0.3 is 6.30 Å². The van der Waals surface area contributed by atoms with Crippen molar-refractivity contribution in [3.63, 3.8) is 0 Å². The molecule has 6 heteroatoms. The second-order valence-electron chi connectivity index (χ2n) is 3.62. The number of anilines is 2. The van der Waals surface area contributed by atoms with Gasteiger partial charge in [0.2, 0.25) is 0 Å². The summed E-state index contributed by atoms with van der Waals surface area (Å²) >= 11 is 0. The van der Waals surface area contributed by atoms with E-state index < -0.39 is 6.30 Å². The van der Waals surface area contributed by atoms with Crippen LogP contribution in [0.4, 0.5) is 24.5 Å². The topological polar surface area (TPSA) is 35.5 Å². The number of para-hydroxylation sites is 2. The zero-order valence-electron chi connectivity index (χ0n) is 10.8. The molecule has 2 aromatic carbocycles. The Hall–Kier alpha value is -2.05. The molecule has 0 saturated carbocycles. The van der Waals surface area contributed by atoms with Crippen LogP contribution in [0.25, 0.3) is 0 Å². The van der Waals surface area contributed by atoms with Crippen LogP contribution in [0.1, 0.15) is 0 Å². The van der Waals surface area contributed by atoms with Crippen molar-refractivity contribution < 1.29 is 18.3 Å². The Kier molecular flexibility index (Phi) is 6.02. The fourth-order valence-corrected chi connectivity index (χ4v) is 1.56. The van der Waals surface area contributed by atoms with E-state index in [-0.39, 0.29) is 0 Å². The lowest BCUT2D eigenvalue weighted by molar-refractivity contribution is -0.156. The quantitative estimate of drug-likeness (QED) is 0.669. The molecule has 3 nitrogen and oxygen atoms in total. The average molecular weight is 284 g/mol. The van der Waals surface area contributed by atoms with Gasteiger partial charge in [-0.05, 0) is 24.3 Å². The molecule has 0 bridgehead atoms. The minimum atomic E-state index is -4.49. The van der Waals surface area contributed by atoms with Crippen LogP contribution in [-0.2, 0) is 0 Å². The Labute approximate surface area is 115 Å². The van der Waals surface area contributed by atoms with Crippen LogP contribution in [0.3, 0.4) is 0 Å². The maximum Gasteiger partial charge on any atom is 0.475 e. The minimum Gasteiger partial charge on any atom is -0.400 e. The molecule has 0 fully saturated rings. The van der Waals surface area contributed by atoms with E-state index in [0.717, 1.165) is 12.1 Å². The van der Waals surface area contributed by atoms with Crippen molar-refractivity contribution in [2.24, 2.45) is 0 Å². The lowest BCUT2D eigenvalue weighted by atomic mass is 10.2. The Morgan fingerprint density at radius 3 is 1.45 bits per heavy atom. The molecule has 0 radical (unpaired) electrons. The molecule has 0 aliphatic heterocycles. The van der Waals surface area contributed by atoms with Crippen LogP contribution in [0.15, 0.2) is 60.7 Å². The Morgan fingerprint density at radius 1 is 0.800 bits per heavy atom. The van der Waals surface area contributed by atoms with Crippen molar-refractivity contribution in [3.05, 3.63) is 60.7 Å². The SMILES string of the molecule is CO.FC(F)(F)NN(c1ccccc1)c1ccccc1. The maximum atomic E-state index is 12.5. The molecule has 0 saturated heterocycles. The molecule has 2 rings (SSSR count). The standard InChI is InChI=1S/C13H11F3N2.CH4O/c14-13(15,16)17-18(11-7-3-1-4-8-11)12-9-5-2-6-10-12;1-2/h1-10,17H;2H,1H3. The summed E-state index contributed by atoms with van der Waals surface area (Å²) < 4.78 is 37.6. The summed E-state index contributed by atoms with van der Waals surface area (Å²) in [7, 11) is 1.00. The molecule has 0 unspecified atom stereocenters. The van der Waals surface area contributed by atoms with Gasteiger partial charge in [-0.1, -0.05) is 36.4 Å². The number of nitrogens with one attached hydrogen (secondary N) is 1. The summed E-state index contributed by atoms with van der Waals surface area (Å²) in [5.41, 5.74) is 2.36. The van der Waals surface area contributed by atoms with E-state index in [4.69, 9.17) is 5.11 Å². The van der Waals surface area contributed by atoms with E-state index >= 15 is 0 Å². The van der Waals surface area contributed by atoms with Crippen molar-refractivity contribution in [2.45, 2.75) is 6.30 Å². The molecule has 0 amide bonds. The lowest BCUT2D eigenvalue weighted by Gasteiger charge is -2.26. The molecule has 0 atom stereocenters. The number of alkyl halides is 3. The van der Waals surface area contributed by atoms with Crippen molar-refractivity contribution in [3.8, 4) is 0 Å². The first kappa shape index (κ1) is 16.0. The van der Waals surface area contributed by atoms with Gasteiger partial charge in [-0.25, -0.2) is 0 Å². The Bertz CT molecular complexity index is 449. The van der Waals surface area contributed by atoms with Crippen LogP contribution in [0.5, 0.6) is 0 Å². The number of aliphatic hydroxyl groups is 1. The highest BCUT2D eigenvalue weighted by atomic mass is 19.4. The number of hydrogen-bond acceptors (Lipinski definition) is 3. The summed E-state index contributed by atoms with van der Waals surface area (Å²) in [6.45, 7) is 0. The molecule has 0 aliphatic carbocycles. The number of hydrazine groups is 1. The van der Waals surface area contributed by atoms with Crippen LogP contribution in [0.2, 0.25) is 0 Å². The number of rotatable bonds is 3. The second-order valence-corrected chi connectivity index (χ2v) is 3.62. The van der Waals surface area contributed by atoms with Crippen molar-refractivity contribution in [2.75, 3.05) is 12.1 Å². The first-order chi connectivity index (χ1) is 9.56. The van der Waals surface area contributed by atoms with Gasteiger partial charge in [0, 0.05) is 7.11 Å². The molecule has 0 aromatic heterocycles. The van der Waals surface area contributed by atoms with Crippen LogP contribution < -0.4 is 10.4 Å². The fourth-order valence-electron chi connectivity index (χ4n) is 1.56. The second kappa shape index (κ2) is 7.52. The number of nitrogens with zero attached hydrogens (tertiary/aromatic N) is 1.